The molecule has 1 aromatic heterocycles. The standard InChI is InChI=1S/C27H21ClN4O3S/c1-2-31-21-11-10-16(12-23(21)36-22-9-4-3-8-20(22)27(31)34)25-29-26(35-30-25)17-13-24(33)32(15-17)19-7-5-6-18(28)14-19/h3-12,14,17H,2,13,15H2,1H3/t17-/m0/s1. The number of amides is 2. The van der Waals surface area contributed by atoms with Gasteiger partial charge in [-0.15, -0.1) is 0 Å². The topological polar surface area (TPSA) is 79.5 Å². The van der Waals surface area contributed by atoms with E-state index in [1.54, 1.807) is 33.7 Å². The van der Waals surface area contributed by atoms with Crippen LogP contribution >= 0.6 is 23.4 Å². The van der Waals surface area contributed by atoms with Crippen molar-refractivity contribution in [1.82, 2.24) is 10.1 Å². The smallest absolute Gasteiger partial charge is 0.259 e. The van der Waals surface area contributed by atoms with Crippen LogP contribution in [-0.2, 0) is 4.79 Å². The van der Waals surface area contributed by atoms with E-state index < -0.39 is 0 Å². The lowest BCUT2D eigenvalue weighted by molar-refractivity contribution is -0.117. The molecule has 3 aromatic carbocycles. The van der Waals surface area contributed by atoms with Crippen LogP contribution in [0.2, 0.25) is 5.02 Å². The quantitative estimate of drug-likeness (QED) is 0.329. The van der Waals surface area contributed by atoms with Crippen molar-refractivity contribution in [2.75, 3.05) is 22.9 Å². The summed E-state index contributed by atoms with van der Waals surface area (Å²) in [4.78, 5) is 35.8. The van der Waals surface area contributed by atoms with Gasteiger partial charge in [-0.05, 0) is 55.5 Å². The Hall–Kier alpha value is -3.62. The highest BCUT2D eigenvalue weighted by atomic mass is 35.5. The van der Waals surface area contributed by atoms with Crippen LogP contribution in [0, 0.1) is 0 Å². The lowest BCUT2D eigenvalue weighted by Gasteiger charge is -2.21. The maximum Gasteiger partial charge on any atom is 0.259 e. The van der Waals surface area contributed by atoms with Gasteiger partial charge in [0.2, 0.25) is 17.6 Å². The van der Waals surface area contributed by atoms with Crippen LogP contribution in [-0.4, -0.2) is 35.0 Å². The first-order chi connectivity index (χ1) is 17.5. The zero-order valence-corrected chi connectivity index (χ0v) is 20.9. The minimum absolute atomic E-state index is 0.00793. The molecule has 180 valence electrons. The SMILES string of the molecule is CCN1C(=O)c2ccccc2Sc2cc(-c3noc([C@H]4CC(=O)N(c5cccc(Cl)c5)C4)n3)ccc21. The van der Waals surface area contributed by atoms with Crippen molar-refractivity contribution >= 4 is 46.6 Å². The Morgan fingerprint density at radius 1 is 1.06 bits per heavy atom. The summed E-state index contributed by atoms with van der Waals surface area (Å²) in [5.41, 5.74) is 3.09. The van der Waals surface area contributed by atoms with Gasteiger partial charge in [-0.3, -0.25) is 9.59 Å². The molecule has 0 saturated carbocycles. The van der Waals surface area contributed by atoms with E-state index in [1.165, 1.54) is 0 Å². The molecule has 3 heterocycles. The van der Waals surface area contributed by atoms with Gasteiger partial charge in [0.25, 0.3) is 5.91 Å². The first-order valence-electron chi connectivity index (χ1n) is 11.6. The fourth-order valence-electron chi connectivity index (χ4n) is 4.66. The molecule has 0 bridgehead atoms. The molecule has 36 heavy (non-hydrogen) atoms. The number of aromatic nitrogens is 2. The highest BCUT2D eigenvalue weighted by Gasteiger charge is 2.35. The summed E-state index contributed by atoms with van der Waals surface area (Å²) in [6.45, 7) is 2.98. The third-order valence-electron chi connectivity index (χ3n) is 6.44. The largest absolute Gasteiger partial charge is 0.339 e. The van der Waals surface area contributed by atoms with E-state index in [1.807, 2.05) is 61.5 Å². The molecule has 0 aliphatic carbocycles. The summed E-state index contributed by atoms with van der Waals surface area (Å²) in [7, 11) is 0. The molecule has 2 amide bonds. The van der Waals surface area contributed by atoms with Crippen LogP contribution in [0.1, 0.15) is 35.5 Å². The first-order valence-corrected chi connectivity index (χ1v) is 12.8. The number of hydrogen-bond donors (Lipinski definition) is 0. The molecule has 7 nitrogen and oxygen atoms in total. The minimum Gasteiger partial charge on any atom is -0.339 e. The summed E-state index contributed by atoms with van der Waals surface area (Å²) in [6.07, 6.45) is 0.290. The Morgan fingerprint density at radius 2 is 1.92 bits per heavy atom. The molecular weight excluding hydrogens is 496 g/mol. The molecule has 2 aliphatic rings. The zero-order valence-electron chi connectivity index (χ0n) is 19.3. The number of carbonyl (C=O) groups excluding carboxylic acids is 2. The van der Waals surface area contributed by atoms with E-state index in [0.29, 0.717) is 41.8 Å². The first kappa shape index (κ1) is 22.8. The second-order valence-electron chi connectivity index (χ2n) is 8.67. The van der Waals surface area contributed by atoms with Gasteiger partial charge in [-0.2, -0.15) is 4.98 Å². The number of anilines is 2. The molecule has 9 heteroatoms. The molecule has 0 N–H and O–H groups in total. The normalized spacial score (nSPS) is 17.2. The van der Waals surface area contributed by atoms with Gasteiger partial charge in [0.05, 0.1) is 17.2 Å². The van der Waals surface area contributed by atoms with E-state index in [9.17, 15) is 9.59 Å². The summed E-state index contributed by atoms with van der Waals surface area (Å²) in [5.74, 6) is 0.665. The predicted octanol–water partition coefficient (Wildman–Crippen LogP) is 6.04. The van der Waals surface area contributed by atoms with Gasteiger partial charge in [-0.25, -0.2) is 0 Å². The van der Waals surface area contributed by atoms with Crippen LogP contribution < -0.4 is 9.80 Å². The number of hydrogen-bond acceptors (Lipinski definition) is 6. The lowest BCUT2D eigenvalue weighted by atomic mass is 10.1. The predicted molar refractivity (Wildman–Crippen MR) is 139 cm³/mol. The van der Waals surface area contributed by atoms with Crippen molar-refractivity contribution in [3.8, 4) is 11.4 Å². The number of benzene rings is 3. The Balaban J connectivity index is 1.29. The second-order valence-corrected chi connectivity index (χ2v) is 10.2. The molecule has 4 aromatic rings. The second kappa shape index (κ2) is 9.11. The van der Waals surface area contributed by atoms with Crippen molar-refractivity contribution in [1.29, 1.82) is 0 Å². The number of fused-ring (bicyclic) bond motifs is 2. The monoisotopic (exact) mass is 516 g/mol. The summed E-state index contributed by atoms with van der Waals surface area (Å²) < 4.78 is 5.61. The molecular formula is C27H21ClN4O3S. The maximum absolute atomic E-state index is 13.1. The van der Waals surface area contributed by atoms with Crippen molar-refractivity contribution in [3.05, 3.63) is 83.2 Å². The molecule has 1 atom stereocenters. The van der Waals surface area contributed by atoms with Gasteiger partial charge in [0.15, 0.2) is 0 Å². The minimum atomic E-state index is -0.201. The summed E-state index contributed by atoms with van der Waals surface area (Å²) in [6, 6.07) is 20.7. The number of nitrogens with zero attached hydrogens (tertiary/aromatic N) is 4. The van der Waals surface area contributed by atoms with Gasteiger partial charge in [0.1, 0.15) is 0 Å². The Kier molecular flexibility index (Phi) is 5.78. The van der Waals surface area contributed by atoms with Crippen LogP contribution in [0.15, 0.2) is 81.0 Å². The van der Waals surface area contributed by atoms with Crippen LogP contribution in [0.3, 0.4) is 0 Å². The molecule has 1 fully saturated rings. The van der Waals surface area contributed by atoms with Crippen LogP contribution in [0.25, 0.3) is 11.4 Å². The number of rotatable bonds is 4. The number of halogens is 1. The van der Waals surface area contributed by atoms with Crippen molar-refractivity contribution in [2.24, 2.45) is 0 Å². The molecule has 6 rings (SSSR count). The van der Waals surface area contributed by atoms with Gasteiger partial charge >= 0.3 is 0 Å². The average molecular weight is 517 g/mol. The van der Waals surface area contributed by atoms with Crippen LogP contribution in [0.5, 0.6) is 0 Å². The number of carbonyl (C=O) groups is 2. The molecule has 2 aliphatic heterocycles. The van der Waals surface area contributed by atoms with E-state index >= 15 is 0 Å². The maximum atomic E-state index is 13.1. The molecule has 0 spiro atoms. The summed E-state index contributed by atoms with van der Waals surface area (Å²) >= 11 is 7.66. The lowest BCUT2D eigenvalue weighted by Crippen LogP contribution is -2.30. The Labute approximate surface area is 217 Å². The third-order valence-corrected chi connectivity index (χ3v) is 7.80. The van der Waals surface area contributed by atoms with E-state index in [2.05, 4.69) is 10.1 Å². The van der Waals surface area contributed by atoms with Crippen molar-refractivity contribution in [3.63, 3.8) is 0 Å². The Bertz CT molecular complexity index is 1500. The van der Waals surface area contributed by atoms with Crippen molar-refractivity contribution < 1.29 is 14.1 Å². The van der Waals surface area contributed by atoms with Gasteiger partial charge in [-0.1, -0.05) is 46.7 Å². The van der Waals surface area contributed by atoms with E-state index in [4.69, 9.17) is 16.1 Å². The average Bonchev–Trinajstić information content (AvgIpc) is 3.50. The highest BCUT2D eigenvalue weighted by molar-refractivity contribution is 7.99. The van der Waals surface area contributed by atoms with E-state index in [-0.39, 0.29) is 17.7 Å². The molecule has 0 radical (unpaired) electrons. The van der Waals surface area contributed by atoms with Gasteiger partial charge < -0.3 is 14.3 Å². The van der Waals surface area contributed by atoms with E-state index in [0.717, 1.165) is 26.7 Å². The fourth-order valence-corrected chi connectivity index (χ4v) is 5.96. The molecule has 0 unspecified atom stereocenters. The van der Waals surface area contributed by atoms with Crippen LogP contribution in [0.4, 0.5) is 11.4 Å². The summed E-state index contributed by atoms with van der Waals surface area (Å²) in [5, 5.41) is 4.79. The molecule has 1 saturated heterocycles. The highest BCUT2D eigenvalue weighted by Crippen LogP contribution is 2.43. The fraction of sp³-hybridized carbons (Fsp3) is 0.185. The van der Waals surface area contributed by atoms with Gasteiger partial charge in [0, 0.05) is 45.6 Å². The Morgan fingerprint density at radius 3 is 2.75 bits per heavy atom. The third kappa shape index (κ3) is 3.96. The van der Waals surface area contributed by atoms with Crippen molar-refractivity contribution in [2.45, 2.75) is 29.1 Å². The zero-order chi connectivity index (χ0) is 24.8.